The molecule has 0 radical (unpaired) electrons. The molecule has 0 saturated carbocycles. The lowest BCUT2D eigenvalue weighted by Crippen LogP contribution is -2.35. The number of hydrogen-bond acceptors (Lipinski definition) is 4. The van der Waals surface area contributed by atoms with Gasteiger partial charge in [-0.3, -0.25) is 0 Å². The van der Waals surface area contributed by atoms with E-state index >= 15 is 0 Å². The first kappa shape index (κ1) is 13.2. The third kappa shape index (κ3) is 3.37. The van der Waals surface area contributed by atoms with E-state index in [1.165, 1.54) is 5.56 Å². The second kappa shape index (κ2) is 5.16. The van der Waals surface area contributed by atoms with Crippen molar-refractivity contribution in [2.75, 3.05) is 0 Å². The quantitative estimate of drug-likeness (QED) is 0.920. The summed E-state index contributed by atoms with van der Waals surface area (Å²) in [5.74, 6) is 0.821. The predicted molar refractivity (Wildman–Crippen MR) is 76.7 cm³/mol. The van der Waals surface area contributed by atoms with Crippen molar-refractivity contribution in [1.82, 2.24) is 15.3 Å². The van der Waals surface area contributed by atoms with Gasteiger partial charge in [-0.05, 0) is 44.7 Å². The van der Waals surface area contributed by atoms with Crippen LogP contribution in [0.15, 0.2) is 23.0 Å². The molecule has 2 aromatic rings. The molecule has 1 N–H and O–H groups in total. The summed E-state index contributed by atoms with van der Waals surface area (Å²) in [6.45, 7) is 9.31. The van der Waals surface area contributed by atoms with Gasteiger partial charge in [0.15, 0.2) is 5.82 Å². The third-order valence-corrected chi connectivity index (χ3v) is 3.47. The minimum Gasteiger partial charge on any atom is -0.306 e. The Kier molecular flexibility index (Phi) is 3.78. The predicted octanol–water partition coefficient (Wildman–Crippen LogP) is 3.40. The van der Waals surface area contributed by atoms with Gasteiger partial charge in [-0.15, -0.1) is 0 Å². The number of aromatic nitrogens is 2. The standard InChI is InChI=1S/C14H19N3S/c1-10-8-18-9-12(10)13-15-6-5-11(17-13)7-16-14(2,3)4/h5-6,8-9,16H,7H2,1-4H3. The fraction of sp³-hybridized carbons (Fsp3) is 0.429. The fourth-order valence-corrected chi connectivity index (χ4v) is 2.40. The molecule has 0 amide bonds. The van der Waals surface area contributed by atoms with Gasteiger partial charge in [-0.25, -0.2) is 9.97 Å². The molecule has 0 fully saturated rings. The van der Waals surface area contributed by atoms with Crippen LogP contribution in [-0.4, -0.2) is 15.5 Å². The first-order valence-corrected chi connectivity index (χ1v) is 7.00. The molecule has 0 spiro atoms. The molecule has 0 saturated heterocycles. The molecule has 0 aliphatic heterocycles. The lowest BCUT2D eigenvalue weighted by atomic mass is 10.1. The Balaban J connectivity index is 2.18. The Morgan fingerprint density at radius 1 is 1.28 bits per heavy atom. The molecule has 4 heteroatoms. The maximum atomic E-state index is 4.61. The highest BCUT2D eigenvalue weighted by Crippen LogP contribution is 2.23. The maximum absolute atomic E-state index is 4.61. The van der Waals surface area contributed by atoms with E-state index in [9.17, 15) is 0 Å². The van der Waals surface area contributed by atoms with Gasteiger partial charge in [-0.1, -0.05) is 0 Å². The van der Waals surface area contributed by atoms with E-state index in [0.29, 0.717) is 0 Å². The maximum Gasteiger partial charge on any atom is 0.160 e. The molecule has 18 heavy (non-hydrogen) atoms. The smallest absolute Gasteiger partial charge is 0.160 e. The molecule has 0 aliphatic rings. The molecule has 2 rings (SSSR count). The number of hydrogen-bond donors (Lipinski definition) is 1. The van der Waals surface area contributed by atoms with Crippen LogP contribution in [0.3, 0.4) is 0 Å². The summed E-state index contributed by atoms with van der Waals surface area (Å²) in [6, 6.07) is 1.96. The Bertz CT molecular complexity index is 526. The van der Waals surface area contributed by atoms with E-state index in [4.69, 9.17) is 0 Å². The number of rotatable bonds is 3. The van der Waals surface area contributed by atoms with Gasteiger partial charge in [0.25, 0.3) is 0 Å². The zero-order valence-electron chi connectivity index (χ0n) is 11.3. The molecule has 2 aromatic heterocycles. The number of nitrogens with zero attached hydrogens (tertiary/aromatic N) is 2. The molecule has 0 bridgehead atoms. The lowest BCUT2D eigenvalue weighted by Gasteiger charge is -2.20. The molecule has 3 nitrogen and oxygen atoms in total. The molecule has 0 atom stereocenters. The first-order valence-electron chi connectivity index (χ1n) is 6.06. The van der Waals surface area contributed by atoms with Gasteiger partial charge in [0.2, 0.25) is 0 Å². The summed E-state index contributed by atoms with van der Waals surface area (Å²) in [4.78, 5) is 8.97. The van der Waals surface area contributed by atoms with E-state index in [1.807, 2.05) is 12.3 Å². The van der Waals surface area contributed by atoms with Crippen molar-refractivity contribution in [2.45, 2.75) is 39.8 Å². The van der Waals surface area contributed by atoms with Crippen LogP contribution in [0.25, 0.3) is 11.4 Å². The van der Waals surface area contributed by atoms with Gasteiger partial charge in [-0.2, -0.15) is 11.3 Å². The van der Waals surface area contributed by atoms with Crippen molar-refractivity contribution in [3.63, 3.8) is 0 Å². The van der Waals surface area contributed by atoms with Crippen molar-refractivity contribution in [1.29, 1.82) is 0 Å². The molecule has 0 unspecified atom stereocenters. The second-order valence-electron chi connectivity index (χ2n) is 5.44. The lowest BCUT2D eigenvalue weighted by molar-refractivity contribution is 0.421. The van der Waals surface area contributed by atoms with Gasteiger partial charge in [0.05, 0.1) is 5.69 Å². The molecular weight excluding hydrogens is 242 g/mol. The largest absolute Gasteiger partial charge is 0.306 e. The van der Waals surface area contributed by atoms with Crippen LogP contribution >= 0.6 is 11.3 Å². The molecule has 0 aromatic carbocycles. The van der Waals surface area contributed by atoms with Crippen LogP contribution in [0.2, 0.25) is 0 Å². The molecule has 2 heterocycles. The zero-order valence-corrected chi connectivity index (χ0v) is 12.1. The monoisotopic (exact) mass is 261 g/mol. The van der Waals surface area contributed by atoms with Crippen LogP contribution in [0.1, 0.15) is 32.0 Å². The number of thiophene rings is 1. The Hall–Kier alpha value is -1.26. The van der Waals surface area contributed by atoms with Crippen LogP contribution in [-0.2, 0) is 6.54 Å². The molecule has 96 valence electrons. The van der Waals surface area contributed by atoms with E-state index in [0.717, 1.165) is 23.6 Å². The first-order chi connectivity index (χ1) is 8.46. The summed E-state index contributed by atoms with van der Waals surface area (Å²) < 4.78 is 0. The van der Waals surface area contributed by atoms with Gasteiger partial charge >= 0.3 is 0 Å². The van der Waals surface area contributed by atoms with Crippen LogP contribution in [0.4, 0.5) is 0 Å². The molecule has 0 aliphatic carbocycles. The second-order valence-corrected chi connectivity index (χ2v) is 6.19. The topological polar surface area (TPSA) is 37.8 Å². The van der Waals surface area contributed by atoms with Crippen LogP contribution in [0.5, 0.6) is 0 Å². The summed E-state index contributed by atoms with van der Waals surface area (Å²) in [6.07, 6.45) is 1.83. The normalized spacial score (nSPS) is 11.8. The van der Waals surface area contributed by atoms with E-state index < -0.39 is 0 Å². The molecular formula is C14H19N3S. The Morgan fingerprint density at radius 3 is 2.67 bits per heavy atom. The van der Waals surface area contributed by atoms with E-state index in [2.05, 4.69) is 53.7 Å². The highest BCUT2D eigenvalue weighted by Gasteiger charge is 2.10. The average molecular weight is 261 g/mol. The SMILES string of the molecule is Cc1cscc1-c1nccc(CNC(C)(C)C)n1. The van der Waals surface area contributed by atoms with Gasteiger partial charge in [0.1, 0.15) is 0 Å². The summed E-state index contributed by atoms with van der Waals surface area (Å²) in [5, 5.41) is 7.66. The average Bonchev–Trinajstić information content (AvgIpc) is 2.72. The highest BCUT2D eigenvalue weighted by atomic mass is 32.1. The van der Waals surface area contributed by atoms with Gasteiger partial charge in [0, 0.05) is 29.2 Å². The number of aryl methyl sites for hydroxylation is 1. The minimum atomic E-state index is 0.101. The van der Waals surface area contributed by atoms with Crippen molar-refractivity contribution in [3.05, 3.63) is 34.3 Å². The summed E-state index contributed by atoms with van der Waals surface area (Å²) in [5.41, 5.74) is 3.50. The highest BCUT2D eigenvalue weighted by molar-refractivity contribution is 7.08. The zero-order chi connectivity index (χ0) is 13.2. The number of nitrogens with one attached hydrogen (secondary N) is 1. The van der Waals surface area contributed by atoms with Crippen molar-refractivity contribution in [2.24, 2.45) is 0 Å². The van der Waals surface area contributed by atoms with Crippen molar-refractivity contribution >= 4 is 11.3 Å². The Morgan fingerprint density at radius 2 is 2.06 bits per heavy atom. The third-order valence-electron chi connectivity index (χ3n) is 2.61. The summed E-state index contributed by atoms with van der Waals surface area (Å²) >= 11 is 1.69. The van der Waals surface area contributed by atoms with Crippen LogP contribution in [0, 0.1) is 6.92 Å². The minimum absolute atomic E-state index is 0.101. The van der Waals surface area contributed by atoms with E-state index in [1.54, 1.807) is 11.3 Å². The summed E-state index contributed by atoms with van der Waals surface area (Å²) in [7, 11) is 0. The van der Waals surface area contributed by atoms with Crippen molar-refractivity contribution in [3.8, 4) is 11.4 Å². The Labute approximate surface area is 112 Å². The van der Waals surface area contributed by atoms with Crippen molar-refractivity contribution < 1.29 is 0 Å². The van der Waals surface area contributed by atoms with Gasteiger partial charge < -0.3 is 5.32 Å². The fourth-order valence-electron chi connectivity index (χ4n) is 1.57. The van der Waals surface area contributed by atoms with Crippen LogP contribution < -0.4 is 5.32 Å². The van der Waals surface area contributed by atoms with E-state index in [-0.39, 0.29) is 5.54 Å².